The van der Waals surface area contributed by atoms with Crippen molar-refractivity contribution in [3.05, 3.63) is 47.5 Å². The molecule has 23 heavy (non-hydrogen) atoms. The highest BCUT2D eigenvalue weighted by Gasteiger charge is 2.48. The summed E-state index contributed by atoms with van der Waals surface area (Å²) in [5.41, 5.74) is -2.36. The number of rotatable bonds is 2. The fourth-order valence-electron chi connectivity index (χ4n) is 2.55. The number of aryl methyl sites for hydroxylation is 2. The van der Waals surface area contributed by atoms with Crippen molar-refractivity contribution < 1.29 is 25.8 Å². The summed E-state index contributed by atoms with van der Waals surface area (Å²) < 4.78 is 63.6. The van der Waals surface area contributed by atoms with Crippen LogP contribution in [0.5, 0.6) is 5.88 Å². The molecule has 1 aromatic carbocycles. The topological polar surface area (TPSA) is 56.3 Å². The first-order valence-corrected chi connectivity index (χ1v) is 8.28. The smallest absolute Gasteiger partial charge is 0.355 e. The second-order valence-electron chi connectivity index (χ2n) is 5.15. The number of hydrogen-bond acceptors (Lipinski definition) is 4. The van der Waals surface area contributed by atoms with Crippen LogP contribution in [0.2, 0.25) is 0 Å². The Hall–Kier alpha value is -2.09. The van der Waals surface area contributed by atoms with E-state index in [1.165, 1.54) is 0 Å². The Balaban J connectivity index is 2.05. The highest BCUT2D eigenvalue weighted by atomic mass is 32.2. The second kappa shape index (κ2) is 5.52. The average molecular weight is 343 g/mol. The number of hydrogen-bond donors (Lipinski definition) is 0. The third-order valence-electron chi connectivity index (χ3n) is 3.60. The molecule has 122 valence electrons. The predicted octanol–water partition coefficient (Wildman–Crippen LogP) is 3.47. The van der Waals surface area contributed by atoms with E-state index in [1.54, 1.807) is 12.1 Å². The van der Waals surface area contributed by atoms with Gasteiger partial charge < -0.3 is 4.18 Å². The zero-order valence-electron chi connectivity index (χ0n) is 11.8. The van der Waals surface area contributed by atoms with E-state index in [1.807, 2.05) is 18.2 Å². The van der Waals surface area contributed by atoms with Crippen LogP contribution in [0, 0.1) is 0 Å². The van der Waals surface area contributed by atoms with Crippen LogP contribution in [-0.4, -0.2) is 18.9 Å². The van der Waals surface area contributed by atoms with Gasteiger partial charge in [-0.05, 0) is 30.4 Å². The van der Waals surface area contributed by atoms with Crippen molar-refractivity contribution in [1.82, 2.24) is 4.98 Å². The highest BCUT2D eigenvalue weighted by molar-refractivity contribution is 7.87. The number of nitrogens with zero attached hydrogens (tertiary/aromatic N) is 1. The molecule has 1 aromatic heterocycles. The summed E-state index contributed by atoms with van der Waals surface area (Å²) in [6.07, 6.45) is 2.42. The van der Waals surface area contributed by atoms with Crippen molar-refractivity contribution in [3.8, 4) is 17.1 Å². The van der Waals surface area contributed by atoms with Crippen LogP contribution in [0.25, 0.3) is 11.3 Å². The normalized spacial score (nSPS) is 14.6. The van der Waals surface area contributed by atoms with Crippen molar-refractivity contribution in [2.24, 2.45) is 0 Å². The molecule has 0 bridgehead atoms. The number of alkyl halides is 3. The Morgan fingerprint density at radius 3 is 2.43 bits per heavy atom. The zero-order chi connectivity index (χ0) is 16.7. The minimum absolute atomic E-state index is 0.466. The Kier molecular flexibility index (Phi) is 3.79. The third-order valence-corrected chi connectivity index (χ3v) is 4.55. The van der Waals surface area contributed by atoms with E-state index in [4.69, 9.17) is 0 Å². The number of halogens is 3. The van der Waals surface area contributed by atoms with Crippen LogP contribution < -0.4 is 4.18 Å². The molecule has 1 aliphatic carbocycles. The molecule has 3 rings (SSSR count). The first-order valence-electron chi connectivity index (χ1n) is 6.87. The van der Waals surface area contributed by atoms with Gasteiger partial charge in [0.15, 0.2) is 0 Å². The summed E-state index contributed by atoms with van der Waals surface area (Å²) in [6, 6.07) is 10.1. The first-order chi connectivity index (χ1) is 10.8. The molecular weight excluding hydrogens is 331 g/mol. The standard InChI is InChI=1S/C15H12F3NO3S/c16-15(17,18)23(20,21)22-13-9-8-11-6-3-5-10-4-1-2-7-12(10)14(11)19-13/h1-2,4,7-9H,3,5-6H2. The van der Waals surface area contributed by atoms with Crippen molar-refractivity contribution >= 4 is 10.1 Å². The van der Waals surface area contributed by atoms with E-state index >= 15 is 0 Å². The monoisotopic (exact) mass is 343 g/mol. The zero-order valence-corrected chi connectivity index (χ0v) is 12.6. The van der Waals surface area contributed by atoms with Crippen LogP contribution in [0.4, 0.5) is 13.2 Å². The molecule has 0 unspecified atom stereocenters. The SMILES string of the molecule is O=S(=O)(Oc1ccc2c(n1)-c1ccccc1CCC2)C(F)(F)F. The van der Waals surface area contributed by atoms with E-state index in [2.05, 4.69) is 9.17 Å². The molecule has 4 nitrogen and oxygen atoms in total. The van der Waals surface area contributed by atoms with Crippen LogP contribution in [0.1, 0.15) is 17.5 Å². The molecule has 2 aromatic rings. The molecular formula is C15H12F3NO3S. The van der Waals surface area contributed by atoms with Crippen molar-refractivity contribution in [2.75, 3.05) is 0 Å². The van der Waals surface area contributed by atoms with Crippen molar-refractivity contribution in [3.63, 3.8) is 0 Å². The molecule has 0 fully saturated rings. The molecule has 0 amide bonds. The van der Waals surface area contributed by atoms with Crippen LogP contribution in [0.3, 0.4) is 0 Å². The number of benzene rings is 1. The van der Waals surface area contributed by atoms with E-state index in [-0.39, 0.29) is 0 Å². The fraction of sp³-hybridized carbons (Fsp3) is 0.267. The Labute approximate surface area is 131 Å². The van der Waals surface area contributed by atoms with Gasteiger partial charge in [-0.1, -0.05) is 30.3 Å². The Morgan fingerprint density at radius 2 is 1.70 bits per heavy atom. The summed E-state index contributed by atoms with van der Waals surface area (Å²) in [5, 5.41) is 0. The maximum Gasteiger partial charge on any atom is 0.534 e. The van der Waals surface area contributed by atoms with Gasteiger partial charge in [0.25, 0.3) is 0 Å². The first kappa shape index (κ1) is 15.8. The lowest BCUT2D eigenvalue weighted by molar-refractivity contribution is -0.0501. The fourth-order valence-corrected chi connectivity index (χ4v) is 2.96. The maximum atomic E-state index is 12.4. The van der Waals surface area contributed by atoms with Gasteiger partial charge in [0.05, 0.1) is 5.69 Å². The molecule has 1 aliphatic rings. The van der Waals surface area contributed by atoms with Crippen molar-refractivity contribution in [1.29, 1.82) is 0 Å². The lowest BCUT2D eigenvalue weighted by atomic mass is 10.0. The lowest BCUT2D eigenvalue weighted by Crippen LogP contribution is -2.28. The predicted molar refractivity (Wildman–Crippen MR) is 77.3 cm³/mol. The van der Waals surface area contributed by atoms with Gasteiger partial charge in [-0.2, -0.15) is 21.6 Å². The van der Waals surface area contributed by atoms with E-state index in [0.717, 1.165) is 35.6 Å². The molecule has 0 radical (unpaired) electrons. The van der Waals surface area contributed by atoms with Gasteiger partial charge in [0.1, 0.15) is 0 Å². The maximum absolute atomic E-state index is 12.4. The number of aromatic nitrogens is 1. The van der Waals surface area contributed by atoms with Gasteiger partial charge in [-0.25, -0.2) is 4.98 Å². The van der Waals surface area contributed by atoms with Crippen LogP contribution in [-0.2, 0) is 23.0 Å². The second-order valence-corrected chi connectivity index (χ2v) is 6.69. The summed E-state index contributed by atoms with van der Waals surface area (Å²) in [5.74, 6) is -0.585. The third kappa shape index (κ3) is 3.03. The quantitative estimate of drug-likeness (QED) is 0.619. The highest BCUT2D eigenvalue weighted by Crippen LogP contribution is 2.33. The average Bonchev–Trinajstić information content (AvgIpc) is 2.65. The summed E-state index contributed by atoms with van der Waals surface area (Å²) in [4.78, 5) is 4.01. The number of fused-ring (bicyclic) bond motifs is 3. The molecule has 0 saturated carbocycles. The molecule has 0 N–H and O–H groups in total. The molecule has 0 saturated heterocycles. The molecule has 1 heterocycles. The summed E-state index contributed by atoms with van der Waals surface area (Å²) in [6.45, 7) is 0. The van der Waals surface area contributed by atoms with Gasteiger partial charge in [0, 0.05) is 11.6 Å². The van der Waals surface area contributed by atoms with Gasteiger partial charge in [-0.15, -0.1) is 0 Å². The van der Waals surface area contributed by atoms with Gasteiger partial charge in [-0.3, -0.25) is 0 Å². The summed E-state index contributed by atoms with van der Waals surface area (Å²) >= 11 is 0. The lowest BCUT2D eigenvalue weighted by Gasteiger charge is -2.12. The molecule has 0 atom stereocenters. The van der Waals surface area contributed by atoms with E-state index in [0.29, 0.717) is 12.1 Å². The van der Waals surface area contributed by atoms with Crippen LogP contribution >= 0.6 is 0 Å². The minimum Gasteiger partial charge on any atom is -0.355 e. The van der Waals surface area contributed by atoms with E-state index < -0.39 is 21.5 Å². The summed E-state index contributed by atoms with van der Waals surface area (Å²) in [7, 11) is -5.73. The van der Waals surface area contributed by atoms with Gasteiger partial charge in [0.2, 0.25) is 5.88 Å². The minimum atomic E-state index is -5.73. The molecule has 0 spiro atoms. The van der Waals surface area contributed by atoms with Gasteiger partial charge >= 0.3 is 15.6 Å². The molecule has 8 heteroatoms. The number of pyridine rings is 1. The largest absolute Gasteiger partial charge is 0.534 e. The van der Waals surface area contributed by atoms with Crippen LogP contribution in [0.15, 0.2) is 36.4 Å². The van der Waals surface area contributed by atoms with E-state index in [9.17, 15) is 21.6 Å². The molecule has 0 aliphatic heterocycles. The Morgan fingerprint density at radius 1 is 1.00 bits per heavy atom. The Bertz CT molecular complexity index is 847. The van der Waals surface area contributed by atoms with Crippen molar-refractivity contribution in [2.45, 2.75) is 24.8 Å².